The Hall–Kier alpha value is -2.76. The van der Waals surface area contributed by atoms with E-state index in [0.717, 1.165) is 5.30 Å². The summed E-state index contributed by atoms with van der Waals surface area (Å²) in [4.78, 5) is 11.9. The minimum Gasteiger partial charge on any atom is -0.331 e. The van der Waals surface area contributed by atoms with Crippen LogP contribution in [0.25, 0.3) is 0 Å². The minimum absolute atomic E-state index is 0.00321. The highest BCUT2D eigenvalue weighted by atomic mass is 32.2. The van der Waals surface area contributed by atoms with Crippen LogP contribution < -0.4 is 15.3 Å². The lowest BCUT2D eigenvalue weighted by atomic mass is 10.3. The maximum absolute atomic E-state index is 12.6. The highest BCUT2D eigenvalue weighted by Gasteiger charge is 2.28. The molecule has 174 valence electrons. The SMILES string of the molecule is CN(C)P(=NC(=S)Nc1ccc(S(=O)(=O)Nc2ncccn2)cc1)(c1ccncc1)N(C)C. The summed E-state index contributed by atoms with van der Waals surface area (Å²) >= 11 is 5.55. The Morgan fingerprint density at radius 1 is 0.939 bits per heavy atom. The zero-order valence-corrected chi connectivity index (χ0v) is 21.1. The van der Waals surface area contributed by atoms with Crippen molar-refractivity contribution in [2.24, 2.45) is 4.74 Å². The first-order valence-corrected chi connectivity index (χ1v) is 13.3. The van der Waals surface area contributed by atoms with Gasteiger partial charge in [-0.05, 0) is 82.9 Å². The van der Waals surface area contributed by atoms with Gasteiger partial charge >= 0.3 is 0 Å². The normalized spacial score (nSPS) is 11.9. The fourth-order valence-electron chi connectivity index (χ4n) is 3.12. The van der Waals surface area contributed by atoms with Crippen molar-refractivity contribution in [3.05, 3.63) is 67.3 Å². The van der Waals surface area contributed by atoms with Crippen molar-refractivity contribution < 1.29 is 8.42 Å². The van der Waals surface area contributed by atoms with Crippen LogP contribution in [-0.2, 0) is 10.0 Å². The molecule has 2 N–H and O–H groups in total. The molecule has 3 aromatic rings. The van der Waals surface area contributed by atoms with Gasteiger partial charge in [-0.3, -0.25) is 14.3 Å². The molecular weight excluding hydrogens is 479 g/mol. The average Bonchev–Trinajstić information content (AvgIpc) is 2.78. The maximum atomic E-state index is 12.6. The second-order valence-electron chi connectivity index (χ2n) is 7.20. The average molecular weight is 505 g/mol. The molecule has 0 saturated carbocycles. The molecule has 13 heteroatoms. The van der Waals surface area contributed by atoms with Crippen LogP contribution in [0.3, 0.4) is 0 Å². The van der Waals surface area contributed by atoms with E-state index in [9.17, 15) is 8.42 Å². The van der Waals surface area contributed by atoms with Crippen LogP contribution in [0.5, 0.6) is 0 Å². The zero-order valence-electron chi connectivity index (χ0n) is 18.6. The summed E-state index contributed by atoms with van der Waals surface area (Å²) < 4.78 is 36.5. The lowest BCUT2D eigenvalue weighted by Gasteiger charge is -2.36. The van der Waals surface area contributed by atoms with Gasteiger partial charge in [-0.2, -0.15) is 0 Å². The number of hydrogen-bond acceptors (Lipinski definition) is 6. The number of nitrogens with one attached hydrogen (secondary N) is 2. The number of rotatable bonds is 7. The summed E-state index contributed by atoms with van der Waals surface area (Å²) in [7, 11) is 1.70. The fourth-order valence-corrected chi connectivity index (χ4v) is 7.49. The van der Waals surface area contributed by atoms with Gasteiger partial charge in [0, 0.05) is 35.8 Å². The molecule has 0 atom stereocenters. The Morgan fingerprint density at radius 3 is 2.06 bits per heavy atom. The number of pyridine rings is 1. The first-order chi connectivity index (χ1) is 15.6. The van der Waals surface area contributed by atoms with Crippen molar-refractivity contribution in [3.8, 4) is 0 Å². The summed E-state index contributed by atoms with van der Waals surface area (Å²) in [5.74, 6) is 0.00321. The zero-order chi connectivity index (χ0) is 24.1. The Kier molecular flexibility index (Phi) is 7.88. The molecule has 0 amide bonds. The van der Waals surface area contributed by atoms with Crippen LogP contribution in [-0.4, -0.2) is 66.0 Å². The second kappa shape index (κ2) is 10.4. The highest BCUT2D eigenvalue weighted by Crippen LogP contribution is 2.52. The van der Waals surface area contributed by atoms with Crippen LogP contribution in [0.15, 0.2) is 76.9 Å². The van der Waals surface area contributed by atoms with Gasteiger partial charge in [-0.1, -0.05) is 0 Å². The predicted octanol–water partition coefficient (Wildman–Crippen LogP) is 2.85. The van der Waals surface area contributed by atoms with Gasteiger partial charge in [-0.15, -0.1) is 0 Å². The maximum Gasteiger partial charge on any atom is 0.264 e. The third-order valence-corrected chi connectivity index (χ3v) is 9.94. The third-order valence-electron chi connectivity index (χ3n) is 4.56. The van der Waals surface area contributed by atoms with Gasteiger partial charge in [0.1, 0.15) is 7.36 Å². The topological polar surface area (TPSA) is 116 Å². The monoisotopic (exact) mass is 504 g/mol. The number of hydrogen-bond donors (Lipinski definition) is 2. The fraction of sp³-hybridized carbons (Fsp3) is 0.200. The van der Waals surface area contributed by atoms with Crippen molar-refractivity contribution >= 4 is 51.6 Å². The Labute approximate surface area is 199 Å². The molecule has 0 unspecified atom stereocenters. The number of thiocarbonyl (C=S) groups is 1. The summed E-state index contributed by atoms with van der Waals surface area (Å²) in [5, 5.41) is 4.38. The van der Waals surface area contributed by atoms with E-state index in [4.69, 9.17) is 17.0 Å². The Morgan fingerprint density at radius 2 is 1.52 bits per heavy atom. The summed E-state index contributed by atoms with van der Waals surface area (Å²) in [6, 6.07) is 11.7. The number of nitrogens with zero attached hydrogens (tertiary/aromatic N) is 6. The van der Waals surface area contributed by atoms with Gasteiger partial charge in [0.05, 0.1) is 4.90 Å². The number of aromatic nitrogens is 3. The molecule has 33 heavy (non-hydrogen) atoms. The molecule has 0 spiro atoms. The van der Waals surface area contributed by atoms with E-state index in [2.05, 4.69) is 34.3 Å². The molecule has 0 aliphatic carbocycles. The molecule has 0 saturated heterocycles. The quantitative estimate of drug-likeness (QED) is 0.370. The molecule has 0 bridgehead atoms. The first-order valence-electron chi connectivity index (χ1n) is 9.74. The summed E-state index contributed by atoms with van der Waals surface area (Å²) in [6.07, 6.45) is 6.38. The Balaban J connectivity index is 1.84. The van der Waals surface area contributed by atoms with Crippen molar-refractivity contribution in [3.63, 3.8) is 0 Å². The summed E-state index contributed by atoms with van der Waals surface area (Å²) in [5.41, 5.74) is 0.615. The lowest BCUT2D eigenvalue weighted by molar-refractivity contribution is 0.572. The smallest absolute Gasteiger partial charge is 0.264 e. The Bertz CT molecular complexity index is 1240. The number of anilines is 2. The lowest BCUT2D eigenvalue weighted by Crippen LogP contribution is -2.30. The third kappa shape index (κ3) is 5.79. The highest BCUT2D eigenvalue weighted by molar-refractivity contribution is 7.92. The molecule has 0 fully saturated rings. The van der Waals surface area contributed by atoms with Crippen LogP contribution in [0.1, 0.15) is 0 Å². The standard InChI is InChI=1S/C20H25N8O2PS2/c1-27(2)31(28(3)4,17-10-14-21-15-11-17)25-20(32)24-16-6-8-18(9-7-16)33(29,30)26-19-22-12-5-13-23-19/h5-15H,1-4H3,(H,24,32)(H,22,23,26). The molecule has 0 radical (unpaired) electrons. The largest absolute Gasteiger partial charge is 0.331 e. The van der Waals surface area contributed by atoms with E-state index in [0.29, 0.717) is 5.69 Å². The van der Waals surface area contributed by atoms with Gasteiger partial charge < -0.3 is 5.32 Å². The molecule has 0 aliphatic heterocycles. The number of benzene rings is 1. The van der Waals surface area contributed by atoms with Crippen LogP contribution in [0.2, 0.25) is 0 Å². The summed E-state index contributed by atoms with van der Waals surface area (Å²) in [6.45, 7) is 0. The molecule has 1 aromatic carbocycles. The molecule has 2 heterocycles. The van der Waals surface area contributed by atoms with Crippen LogP contribution >= 0.6 is 19.6 Å². The number of sulfonamides is 1. The van der Waals surface area contributed by atoms with Gasteiger partial charge in [0.25, 0.3) is 10.0 Å². The van der Waals surface area contributed by atoms with E-state index in [1.54, 1.807) is 30.6 Å². The van der Waals surface area contributed by atoms with Gasteiger partial charge in [-0.25, -0.2) is 27.9 Å². The first kappa shape index (κ1) is 24.9. The van der Waals surface area contributed by atoms with E-state index in [1.165, 1.54) is 24.5 Å². The van der Waals surface area contributed by atoms with Gasteiger partial charge in [0.2, 0.25) is 5.95 Å². The minimum atomic E-state index is -3.82. The molecular formula is C20H25N8O2PS2. The van der Waals surface area contributed by atoms with E-state index < -0.39 is 17.4 Å². The van der Waals surface area contributed by atoms with Crippen LogP contribution in [0.4, 0.5) is 11.6 Å². The van der Waals surface area contributed by atoms with Crippen molar-refractivity contribution in [2.45, 2.75) is 4.90 Å². The van der Waals surface area contributed by atoms with E-state index in [-0.39, 0.29) is 16.0 Å². The van der Waals surface area contributed by atoms with Crippen LogP contribution in [0, 0.1) is 0 Å². The van der Waals surface area contributed by atoms with Gasteiger partial charge in [0.15, 0.2) is 5.11 Å². The van der Waals surface area contributed by atoms with Crippen molar-refractivity contribution in [1.82, 2.24) is 24.3 Å². The predicted molar refractivity (Wildman–Crippen MR) is 136 cm³/mol. The van der Waals surface area contributed by atoms with E-state index >= 15 is 0 Å². The molecule has 3 rings (SSSR count). The van der Waals surface area contributed by atoms with Crippen molar-refractivity contribution in [1.29, 1.82) is 0 Å². The molecule has 0 aliphatic rings. The second-order valence-corrected chi connectivity index (χ2v) is 12.7. The molecule has 10 nitrogen and oxygen atoms in total. The van der Waals surface area contributed by atoms with Crippen molar-refractivity contribution in [2.75, 3.05) is 38.2 Å². The molecule has 2 aromatic heterocycles. The van der Waals surface area contributed by atoms with E-state index in [1.807, 2.05) is 40.3 Å².